The maximum atomic E-state index is 6.25. The Kier molecular flexibility index (Phi) is 5.70. The fourth-order valence-electron chi connectivity index (χ4n) is 1.87. The molecular weight excluding hydrogens is 356 g/mol. The summed E-state index contributed by atoms with van der Waals surface area (Å²) in [5.41, 5.74) is 1.92. The van der Waals surface area contributed by atoms with Crippen LogP contribution >= 0.6 is 27.5 Å². The lowest BCUT2D eigenvalue weighted by molar-refractivity contribution is 0.311. The van der Waals surface area contributed by atoms with Crippen molar-refractivity contribution in [3.05, 3.63) is 45.7 Å². The van der Waals surface area contributed by atoms with Gasteiger partial charge in [-0.1, -0.05) is 11.6 Å². The van der Waals surface area contributed by atoms with Crippen LogP contribution in [-0.4, -0.2) is 18.7 Å². The Morgan fingerprint density at radius 1 is 1.29 bits per heavy atom. The first-order valence-corrected chi connectivity index (χ1v) is 7.64. The summed E-state index contributed by atoms with van der Waals surface area (Å²) < 4.78 is 11.8. The number of benzene rings is 1. The molecule has 4 nitrogen and oxygen atoms in total. The van der Waals surface area contributed by atoms with Crippen molar-refractivity contribution < 1.29 is 9.47 Å². The van der Waals surface area contributed by atoms with Crippen LogP contribution in [0.2, 0.25) is 5.02 Å². The monoisotopic (exact) mass is 370 g/mol. The molecule has 0 atom stereocenters. The molecule has 6 heteroatoms. The Bertz CT molecular complexity index is 623. The molecule has 112 valence electrons. The molecule has 1 aromatic heterocycles. The summed E-state index contributed by atoms with van der Waals surface area (Å²) in [6.07, 6.45) is 3.50. The van der Waals surface area contributed by atoms with Gasteiger partial charge in [0.2, 0.25) is 0 Å². The number of pyridine rings is 1. The summed E-state index contributed by atoms with van der Waals surface area (Å²) in [4.78, 5) is 4.11. The molecule has 0 radical (unpaired) electrons. The SMILES string of the molecule is CCOc1c(Cl)cc(CNc2cncc(Br)c2)cc1OC. The molecule has 2 rings (SSSR count). The second-order valence-electron chi connectivity index (χ2n) is 4.29. The van der Waals surface area contributed by atoms with Crippen LogP contribution in [0.15, 0.2) is 35.1 Å². The molecule has 0 saturated heterocycles. The van der Waals surface area contributed by atoms with E-state index in [1.54, 1.807) is 19.5 Å². The number of hydrogen-bond acceptors (Lipinski definition) is 4. The third-order valence-electron chi connectivity index (χ3n) is 2.78. The van der Waals surface area contributed by atoms with E-state index < -0.39 is 0 Å². The number of ether oxygens (including phenoxy) is 2. The topological polar surface area (TPSA) is 43.4 Å². The van der Waals surface area contributed by atoms with Crippen LogP contribution in [0.25, 0.3) is 0 Å². The summed E-state index contributed by atoms with van der Waals surface area (Å²) >= 11 is 9.64. The molecule has 0 aliphatic heterocycles. The average molecular weight is 372 g/mol. The number of rotatable bonds is 6. The second-order valence-corrected chi connectivity index (χ2v) is 5.61. The number of halogens is 2. The molecule has 0 spiro atoms. The molecule has 0 aliphatic carbocycles. The molecule has 0 unspecified atom stereocenters. The molecule has 1 aromatic carbocycles. The number of anilines is 1. The van der Waals surface area contributed by atoms with Gasteiger partial charge in [-0.2, -0.15) is 0 Å². The van der Waals surface area contributed by atoms with Gasteiger partial charge in [-0.25, -0.2) is 0 Å². The fraction of sp³-hybridized carbons (Fsp3) is 0.267. The zero-order chi connectivity index (χ0) is 15.2. The maximum Gasteiger partial charge on any atom is 0.179 e. The summed E-state index contributed by atoms with van der Waals surface area (Å²) in [5, 5.41) is 3.83. The van der Waals surface area contributed by atoms with Crippen LogP contribution in [0, 0.1) is 0 Å². The molecule has 2 aromatic rings. The number of nitrogens with one attached hydrogen (secondary N) is 1. The molecule has 0 saturated carbocycles. The average Bonchev–Trinajstić information content (AvgIpc) is 2.47. The van der Waals surface area contributed by atoms with Crippen molar-refractivity contribution in [2.75, 3.05) is 19.0 Å². The van der Waals surface area contributed by atoms with E-state index in [1.807, 2.05) is 25.1 Å². The predicted molar refractivity (Wildman–Crippen MR) is 88.4 cm³/mol. The highest BCUT2D eigenvalue weighted by atomic mass is 79.9. The fourth-order valence-corrected chi connectivity index (χ4v) is 2.53. The van der Waals surface area contributed by atoms with Gasteiger partial charge in [0.05, 0.1) is 30.6 Å². The van der Waals surface area contributed by atoms with Crippen LogP contribution in [0.5, 0.6) is 11.5 Å². The highest BCUT2D eigenvalue weighted by Crippen LogP contribution is 2.36. The van der Waals surface area contributed by atoms with Crippen molar-refractivity contribution in [3.63, 3.8) is 0 Å². The Morgan fingerprint density at radius 3 is 2.76 bits per heavy atom. The lowest BCUT2D eigenvalue weighted by atomic mass is 10.2. The minimum atomic E-state index is 0.539. The van der Waals surface area contributed by atoms with Crippen LogP contribution in [0.1, 0.15) is 12.5 Å². The largest absolute Gasteiger partial charge is 0.493 e. The van der Waals surface area contributed by atoms with Gasteiger partial charge in [0.1, 0.15) is 0 Å². The normalized spacial score (nSPS) is 10.3. The first-order valence-electron chi connectivity index (χ1n) is 6.47. The number of hydrogen-bond donors (Lipinski definition) is 1. The molecule has 1 N–H and O–H groups in total. The van der Waals surface area contributed by atoms with Gasteiger partial charge in [0, 0.05) is 17.2 Å². The maximum absolute atomic E-state index is 6.25. The van der Waals surface area contributed by atoms with Gasteiger partial charge in [-0.15, -0.1) is 0 Å². The van der Waals surface area contributed by atoms with Crippen molar-refractivity contribution >= 4 is 33.2 Å². The summed E-state index contributed by atoms with van der Waals surface area (Å²) in [6.45, 7) is 3.06. The van der Waals surface area contributed by atoms with Crippen LogP contribution in [-0.2, 0) is 6.54 Å². The highest BCUT2D eigenvalue weighted by Gasteiger charge is 2.11. The number of aromatic nitrogens is 1. The summed E-state index contributed by atoms with van der Waals surface area (Å²) in [5.74, 6) is 1.21. The Balaban J connectivity index is 2.15. The molecule has 0 aliphatic rings. The first kappa shape index (κ1) is 15.9. The second kappa shape index (κ2) is 7.52. The van der Waals surface area contributed by atoms with Crippen molar-refractivity contribution in [2.24, 2.45) is 0 Å². The quantitative estimate of drug-likeness (QED) is 0.811. The third-order valence-corrected chi connectivity index (χ3v) is 3.49. The number of nitrogens with zero attached hydrogens (tertiary/aromatic N) is 1. The van der Waals surface area contributed by atoms with Gasteiger partial charge in [-0.05, 0) is 46.6 Å². The van der Waals surface area contributed by atoms with Crippen LogP contribution in [0.4, 0.5) is 5.69 Å². The minimum absolute atomic E-state index is 0.539. The van der Waals surface area contributed by atoms with Crippen molar-refractivity contribution in [1.82, 2.24) is 4.98 Å². The van der Waals surface area contributed by atoms with E-state index in [-0.39, 0.29) is 0 Å². The van der Waals surface area contributed by atoms with E-state index in [1.165, 1.54) is 0 Å². The van der Waals surface area contributed by atoms with E-state index in [9.17, 15) is 0 Å². The van der Waals surface area contributed by atoms with Crippen molar-refractivity contribution in [1.29, 1.82) is 0 Å². The van der Waals surface area contributed by atoms with Crippen LogP contribution in [0.3, 0.4) is 0 Å². The van der Waals surface area contributed by atoms with Gasteiger partial charge < -0.3 is 14.8 Å². The van der Waals surface area contributed by atoms with Gasteiger partial charge in [-0.3, -0.25) is 4.98 Å². The Labute approximate surface area is 137 Å². The molecule has 1 heterocycles. The summed E-state index contributed by atoms with van der Waals surface area (Å²) in [6, 6.07) is 5.74. The van der Waals surface area contributed by atoms with E-state index >= 15 is 0 Å². The van der Waals surface area contributed by atoms with E-state index in [0.29, 0.717) is 29.7 Å². The Hall–Kier alpha value is -1.46. The van der Waals surface area contributed by atoms with Crippen LogP contribution < -0.4 is 14.8 Å². The standard InChI is InChI=1S/C15H16BrClN2O2/c1-3-21-15-13(17)4-10(5-14(15)20-2)7-19-12-6-11(16)8-18-9-12/h4-6,8-9,19H,3,7H2,1-2H3. The highest BCUT2D eigenvalue weighted by molar-refractivity contribution is 9.10. The van der Waals surface area contributed by atoms with E-state index in [0.717, 1.165) is 15.7 Å². The smallest absolute Gasteiger partial charge is 0.179 e. The zero-order valence-corrected chi connectivity index (χ0v) is 14.2. The number of methoxy groups -OCH3 is 1. The predicted octanol–water partition coefficient (Wildman–Crippen LogP) is 4.52. The third kappa shape index (κ3) is 4.25. The zero-order valence-electron chi connectivity index (χ0n) is 11.8. The summed E-state index contributed by atoms with van der Waals surface area (Å²) in [7, 11) is 1.60. The molecule has 0 amide bonds. The van der Waals surface area contributed by atoms with E-state index in [2.05, 4.69) is 26.2 Å². The lowest BCUT2D eigenvalue weighted by Crippen LogP contribution is -2.02. The van der Waals surface area contributed by atoms with Crippen molar-refractivity contribution in [2.45, 2.75) is 13.5 Å². The molecular formula is C15H16BrClN2O2. The molecule has 0 fully saturated rings. The van der Waals surface area contributed by atoms with Crippen molar-refractivity contribution in [3.8, 4) is 11.5 Å². The Morgan fingerprint density at radius 2 is 2.10 bits per heavy atom. The van der Waals surface area contributed by atoms with E-state index in [4.69, 9.17) is 21.1 Å². The lowest BCUT2D eigenvalue weighted by Gasteiger charge is -2.14. The minimum Gasteiger partial charge on any atom is -0.493 e. The van der Waals surface area contributed by atoms with Gasteiger partial charge in [0.25, 0.3) is 0 Å². The first-order chi connectivity index (χ1) is 10.1. The van der Waals surface area contributed by atoms with Gasteiger partial charge in [0.15, 0.2) is 11.5 Å². The molecule has 21 heavy (non-hydrogen) atoms. The van der Waals surface area contributed by atoms with Gasteiger partial charge >= 0.3 is 0 Å². The molecule has 0 bridgehead atoms.